The molecule has 1 spiro atoms. The first-order valence-corrected chi connectivity index (χ1v) is 8.36. The van der Waals surface area contributed by atoms with Gasteiger partial charge in [0, 0.05) is 0 Å². The molecule has 5 heteroatoms. The summed E-state index contributed by atoms with van der Waals surface area (Å²) in [6.45, 7) is 1.33. The van der Waals surface area contributed by atoms with E-state index in [9.17, 15) is 14.4 Å². The van der Waals surface area contributed by atoms with Gasteiger partial charge in [-0.05, 0) is 25.3 Å². The monoisotopic (exact) mass is 330 g/mol. The van der Waals surface area contributed by atoms with E-state index in [4.69, 9.17) is 9.47 Å². The summed E-state index contributed by atoms with van der Waals surface area (Å²) < 4.78 is 10.5. The van der Waals surface area contributed by atoms with E-state index in [0.29, 0.717) is 12.8 Å². The quantitative estimate of drug-likeness (QED) is 0.616. The maximum atomic E-state index is 13.4. The smallest absolute Gasteiger partial charge is 0.331 e. The normalized spacial score (nSPS) is 29.2. The van der Waals surface area contributed by atoms with Crippen molar-refractivity contribution < 1.29 is 23.9 Å². The van der Waals surface area contributed by atoms with Gasteiger partial charge in [0.1, 0.15) is 6.10 Å². The lowest BCUT2D eigenvalue weighted by atomic mass is 9.58. The van der Waals surface area contributed by atoms with Gasteiger partial charge in [0.2, 0.25) is 5.41 Å². The molecule has 1 heterocycles. The zero-order valence-electron chi connectivity index (χ0n) is 14.0. The molecular formula is C19H22O5. The van der Waals surface area contributed by atoms with E-state index in [1.54, 1.807) is 0 Å². The van der Waals surface area contributed by atoms with E-state index in [0.717, 1.165) is 24.8 Å². The van der Waals surface area contributed by atoms with Crippen LogP contribution in [0.15, 0.2) is 30.3 Å². The molecular weight excluding hydrogens is 308 g/mol. The molecule has 2 atom stereocenters. The summed E-state index contributed by atoms with van der Waals surface area (Å²) in [5.41, 5.74) is -1.93. The predicted octanol–water partition coefficient (Wildman–Crippen LogP) is 2.98. The molecule has 0 radical (unpaired) electrons. The molecule has 1 aromatic carbocycles. The number of benzene rings is 1. The van der Waals surface area contributed by atoms with Crippen molar-refractivity contribution >= 4 is 17.7 Å². The molecule has 24 heavy (non-hydrogen) atoms. The molecule has 5 nitrogen and oxygen atoms in total. The fourth-order valence-electron chi connectivity index (χ4n) is 4.11. The van der Waals surface area contributed by atoms with E-state index in [2.05, 4.69) is 0 Å². The highest BCUT2D eigenvalue weighted by Gasteiger charge is 2.65. The van der Waals surface area contributed by atoms with Crippen LogP contribution in [0, 0.1) is 10.8 Å². The largest absolute Gasteiger partial charge is 0.468 e. The predicted molar refractivity (Wildman–Crippen MR) is 85.9 cm³/mol. The molecule has 2 aliphatic rings. The Balaban J connectivity index is 2.11. The van der Waals surface area contributed by atoms with Crippen LogP contribution in [0.1, 0.15) is 50.7 Å². The van der Waals surface area contributed by atoms with Crippen molar-refractivity contribution in [1.82, 2.24) is 0 Å². The van der Waals surface area contributed by atoms with Crippen molar-refractivity contribution in [3.05, 3.63) is 35.9 Å². The Hall–Kier alpha value is -2.17. The highest BCUT2D eigenvalue weighted by Crippen LogP contribution is 2.55. The SMILES string of the molecule is COC(=O)C1(C)C(=O)OC(c2ccccc2)C2(CCCCC2)C1=O. The summed E-state index contributed by atoms with van der Waals surface area (Å²) in [5, 5.41) is 0. The zero-order chi connectivity index (χ0) is 17.4. The van der Waals surface area contributed by atoms with Crippen molar-refractivity contribution in [2.75, 3.05) is 7.11 Å². The third-order valence-electron chi connectivity index (χ3n) is 5.48. The third kappa shape index (κ3) is 2.26. The highest BCUT2D eigenvalue weighted by atomic mass is 16.6. The number of ketones is 1. The van der Waals surface area contributed by atoms with Gasteiger partial charge in [-0.25, -0.2) is 0 Å². The van der Waals surface area contributed by atoms with Gasteiger partial charge in [0.05, 0.1) is 12.5 Å². The first kappa shape index (κ1) is 16.7. The van der Waals surface area contributed by atoms with Crippen LogP contribution in [0.4, 0.5) is 0 Å². The standard InChI is InChI=1S/C19H22O5/c1-18(16(21)23-2)15(20)19(11-7-4-8-12-19)14(24-17(18)22)13-9-5-3-6-10-13/h3,5-6,9-10,14H,4,7-8,11-12H2,1-2H3. The molecule has 0 amide bonds. The van der Waals surface area contributed by atoms with Gasteiger partial charge in [0.25, 0.3) is 0 Å². The summed E-state index contributed by atoms with van der Waals surface area (Å²) in [5.74, 6) is -2.01. The molecule has 2 fully saturated rings. The zero-order valence-corrected chi connectivity index (χ0v) is 14.0. The van der Waals surface area contributed by atoms with Gasteiger partial charge in [-0.3, -0.25) is 14.4 Å². The van der Waals surface area contributed by atoms with E-state index in [-0.39, 0.29) is 5.78 Å². The summed E-state index contributed by atoms with van der Waals surface area (Å²) in [6, 6.07) is 9.32. The molecule has 1 saturated heterocycles. The Morgan fingerprint density at radius 2 is 1.75 bits per heavy atom. The number of ether oxygens (including phenoxy) is 2. The Morgan fingerprint density at radius 1 is 1.12 bits per heavy atom. The van der Waals surface area contributed by atoms with Crippen molar-refractivity contribution in [3.8, 4) is 0 Å². The lowest BCUT2D eigenvalue weighted by Crippen LogP contribution is -2.60. The van der Waals surface area contributed by atoms with Gasteiger partial charge in [-0.1, -0.05) is 49.6 Å². The molecule has 0 aromatic heterocycles. The lowest BCUT2D eigenvalue weighted by Gasteiger charge is -2.48. The average Bonchev–Trinajstić information content (AvgIpc) is 2.64. The summed E-state index contributed by atoms with van der Waals surface area (Å²) in [7, 11) is 1.19. The van der Waals surface area contributed by atoms with Crippen LogP contribution < -0.4 is 0 Å². The second kappa shape index (κ2) is 6.04. The molecule has 1 aliphatic carbocycles. The Labute approximate surface area is 141 Å². The summed E-state index contributed by atoms with van der Waals surface area (Å²) in [6.07, 6.45) is 3.39. The first-order valence-electron chi connectivity index (χ1n) is 8.36. The number of hydrogen-bond donors (Lipinski definition) is 0. The average molecular weight is 330 g/mol. The highest BCUT2D eigenvalue weighted by molar-refractivity contribution is 6.22. The van der Waals surface area contributed by atoms with Crippen molar-refractivity contribution in [1.29, 1.82) is 0 Å². The maximum absolute atomic E-state index is 13.4. The minimum atomic E-state index is -1.88. The van der Waals surface area contributed by atoms with E-state index < -0.39 is 28.9 Å². The Morgan fingerprint density at radius 3 is 2.33 bits per heavy atom. The fourth-order valence-corrected chi connectivity index (χ4v) is 4.11. The molecule has 128 valence electrons. The van der Waals surface area contributed by atoms with Crippen LogP contribution in [0.5, 0.6) is 0 Å². The lowest BCUT2D eigenvalue weighted by molar-refractivity contribution is -0.199. The molecule has 0 N–H and O–H groups in total. The van der Waals surface area contributed by atoms with Crippen LogP contribution in [-0.2, 0) is 23.9 Å². The maximum Gasteiger partial charge on any atom is 0.331 e. The molecule has 1 saturated carbocycles. The van der Waals surface area contributed by atoms with E-state index in [1.165, 1.54) is 14.0 Å². The summed E-state index contributed by atoms with van der Waals surface area (Å²) in [4.78, 5) is 38.2. The van der Waals surface area contributed by atoms with Gasteiger partial charge in [0.15, 0.2) is 5.78 Å². The van der Waals surface area contributed by atoms with Crippen molar-refractivity contribution in [2.24, 2.45) is 10.8 Å². The fraction of sp³-hybridized carbons (Fsp3) is 0.526. The number of cyclic esters (lactones) is 1. The molecule has 2 unspecified atom stereocenters. The molecule has 3 rings (SSSR count). The third-order valence-corrected chi connectivity index (χ3v) is 5.48. The number of rotatable bonds is 2. The van der Waals surface area contributed by atoms with E-state index >= 15 is 0 Å². The minimum absolute atomic E-state index is 0.355. The molecule has 1 aliphatic heterocycles. The number of carbonyl (C=O) groups excluding carboxylic acids is 3. The second-order valence-electron chi connectivity index (χ2n) is 6.86. The van der Waals surface area contributed by atoms with Crippen molar-refractivity contribution in [2.45, 2.75) is 45.1 Å². The van der Waals surface area contributed by atoms with Crippen LogP contribution >= 0.6 is 0 Å². The van der Waals surface area contributed by atoms with Gasteiger partial charge < -0.3 is 9.47 Å². The number of hydrogen-bond acceptors (Lipinski definition) is 5. The van der Waals surface area contributed by atoms with Crippen LogP contribution in [-0.4, -0.2) is 24.8 Å². The van der Waals surface area contributed by atoms with Crippen LogP contribution in [0.3, 0.4) is 0 Å². The van der Waals surface area contributed by atoms with Crippen molar-refractivity contribution in [3.63, 3.8) is 0 Å². The minimum Gasteiger partial charge on any atom is -0.468 e. The topological polar surface area (TPSA) is 69.7 Å². The number of methoxy groups -OCH3 is 1. The van der Waals surface area contributed by atoms with Gasteiger partial charge in [-0.15, -0.1) is 0 Å². The number of Topliss-reactive ketones (excluding diaryl/α,β-unsaturated/α-hetero) is 1. The summed E-state index contributed by atoms with van der Waals surface area (Å²) >= 11 is 0. The van der Waals surface area contributed by atoms with E-state index in [1.807, 2.05) is 30.3 Å². The molecule has 0 bridgehead atoms. The van der Waals surface area contributed by atoms with Gasteiger partial charge in [-0.2, -0.15) is 0 Å². The molecule has 1 aromatic rings. The van der Waals surface area contributed by atoms with Crippen LogP contribution in [0.25, 0.3) is 0 Å². The Kier molecular flexibility index (Phi) is 4.20. The first-order chi connectivity index (χ1) is 11.5. The van der Waals surface area contributed by atoms with Gasteiger partial charge >= 0.3 is 11.9 Å². The number of carbonyl (C=O) groups is 3. The Bertz CT molecular complexity index is 660. The number of esters is 2. The second-order valence-corrected chi connectivity index (χ2v) is 6.86. The van der Waals surface area contributed by atoms with Crippen LogP contribution in [0.2, 0.25) is 0 Å².